The van der Waals surface area contributed by atoms with E-state index in [2.05, 4.69) is 10.3 Å². The van der Waals surface area contributed by atoms with Crippen molar-refractivity contribution in [2.75, 3.05) is 36.5 Å². The molecule has 0 bridgehead atoms. The van der Waals surface area contributed by atoms with Crippen LogP contribution in [0.3, 0.4) is 0 Å². The van der Waals surface area contributed by atoms with Crippen molar-refractivity contribution in [3.63, 3.8) is 0 Å². The van der Waals surface area contributed by atoms with E-state index in [1.165, 1.54) is 17.4 Å². The van der Waals surface area contributed by atoms with E-state index in [9.17, 15) is 14.9 Å². The van der Waals surface area contributed by atoms with Gasteiger partial charge in [0.15, 0.2) is 16.6 Å². The number of amides is 1. The number of fused-ring (bicyclic) bond motifs is 1. The van der Waals surface area contributed by atoms with Crippen LogP contribution < -0.4 is 19.7 Å². The summed E-state index contributed by atoms with van der Waals surface area (Å²) in [6, 6.07) is 10.2. The molecule has 0 atom stereocenters. The fraction of sp³-hybridized carbons (Fsp3) is 0.304. The van der Waals surface area contributed by atoms with Crippen molar-refractivity contribution in [1.29, 1.82) is 0 Å². The van der Waals surface area contributed by atoms with Crippen molar-refractivity contribution in [2.45, 2.75) is 19.3 Å². The van der Waals surface area contributed by atoms with Gasteiger partial charge >= 0.3 is 0 Å². The Labute approximate surface area is 194 Å². The standard InChI is InChI=1S/C23H22N4O5S/c28-22(16-4-6-18(19(12-16)27(29)30)26-8-2-1-3-9-26)25-23-24-17(14-33-23)15-5-7-20-21(13-15)32-11-10-31-20/h4-7,12-14H,1-3,8-11H2,(H,24,25,28). The summed E-state index contributed by atoms with van der Waals surface area (Å²) in [4.78, 5) is 30.6. The molecule has 2 aromatic carbocycles. The van der Waals surface area contributed by atoms with E-state index in [1.807, 2.05) is 28.5 Å². The van der Waals surface area contributed by atoms with Gasteiger partial charge in [-0.05, 0) is 49.6 Å². The van der Waals surface area contributed by atoms with E-state index in [4.69, 9.17) is 9.47 Å². The zero-order chi connectivity index (χ0) is 22.8. The number of piperidine rings is 1. The third-order valence-corrected chi connectivity index (χ3v) is 6.45. The second kappa shape index (κ2) is 9.07. The molecule has 0 saturated carbocycles. The van der Waals surface area contributed by atoms with Gasteiger partial charge in [-0.1, -0.05) is 0 Å². The molecule has 1 aromatic heterocycles. The molecule has 0 spiro atoms. The summed E-state index contributed by atoms with van der Waals surface area (Å²) in [6.07, 6.45) is 3.15. The Morgan fingerprint density at radius 3 is 2.64 bits per heavy atom. The summed E-state index contributed by atoms with van der Waals surface area (Å²) in [5, 5.41) is 16.7. The summed E-state index contributed by atoms with van der Waals surface area (Å²) < 4.78 is 11.2. The molecule has 3 aromatic rings. The number of carbonyl (C=O) groups is 1. The molecule has 0 unspecified atom stereocenters. The lowest BCUT2D eigenvalue weighted by Gasteiger charge is -2.28. The Kier molecular flexibility index (Phi) is 5.82. The molecule has 0 aliphatic carbocycles. The normalized spacial score (nSPS) is 15.2. The summed E-state index contributed by atoms with van der Waals surface area (Å²) in [7, 11) is 0. The highest BCUT2D eigenvalue weighted by Crippen LogP contribution is 2.36. The Hall–Kier alpha value is -3.66. The molecule has 10 heteroatoms. The molecule has 1 N–H and O–H groups in total. The zero-order valence-corrected chi connectivity index (χ0v) is 18.6. The van der Waals surface area contributed by atoms with Crippen LogP contribution in [-0.4, -0.2) is 42.1 Å². The average Bonchev–Trinajstić information content (AvgIpc) is 3.32. The van der Waals surface area contributed by atoms with E-state index in [1.54, 1.807) is 12.1 Å². The predicted octanol–water partition coefficient (Wildman–Crippen LogP) is 4.73. The smallest absolute Gasteiger partial charge is 0.293 e. The molecule has 2 aliphatic heterocycles. The number of hydrogen-bond acceptors (Lipinski definition) is 8. The van der Waals surface area contributed by atoms with Gasteiger partial charge in [-0.2, -0.15) is 0 Å². The maximum Gasteiger partial charge on any atom is 0.293 e. The largest absolute Gasteiger partial charge is 0.486 e. The highest BCUT2D eigenvalue weighted by Gasteiger charge is 2.23. The maximum absolute atomic E-state index is 12.8. The van der Waals surface area contributed by atoms with Crippen molar-refractivity contribution < 1.29 is 19.2 Å². The molecular formula is C23H22N4O5S. The van der Waals surface area contributed by atoms with Crippen molar-refractivity contribution >= 4 is 33.8 Å². The predicted molar refractivity (Wildman–Crippen MR) is 126 cm³/mol. The number of nitrogens with zero attached hydrogens (tertiary/aromatic N) is 3. The lowest BCUT2D eigenvalue weighted by atomic mass is 10.1. The average molecular weight is 467 g/mol. The van der Waals surface area contributed by atoms with Crippen LogP contribution in [-0.2, 0) is 0 Å². The third-order valence-electron chi connectivity index (χ3n) is 5.69. The minimum absolute atomic E-state index is 0.0549. The van der Waals surface area contributed by atoms with Gasteiger partial charge in [0, 0.05) is 35.7 Å². The van der Waals surface area contributed by atoms with Crippen LogP contribution >= 0.6 is 11.3 Å². The molecule has 3 heterocycles. The minimum Gasteiger partial charge on any atom is -0.486 e. The highest BCUT2D eigenvalue weighted by molar-refractivity contribution is 7.14. The van der Waals surface area contributed by atoms with E-state index in [-0.39, 0.29) is 11.3 Å². The fourth-order valence-electron chi connectivity index (χ4n) is 4.05. The van der Waals surface area contributed by atoms with Gasteiger partial charge in [0.25, 0.3) is 11.6 Å². The minimum atomic E-state index is -0.439. The second-order valence-electron chi connectivity index (χ2n) is 7.86. The lowest BCUT2D eigenvalue weighted by Crippen LogP contribution is -2.30. The number of nitrogens with one attached hydrogen (secondary N) is 1. The number of benzene rings is 2. The summed E-state index contributed by atoms with van der Waals surface area (Å²) >= 11 is 1.28. The van der Waals surface area contributed by atoms with Crippen LogP contribution in [0.2, 0.25) is 0 Å². The second-order valence-corrected chi connectivity index (χ2v) is 8.72. The van der Waals surface area contributed by atoms with Crippen LogP contribution in [0.5, 0.6) is 11.5 Å². The van der Waals surface area contributed by atoms with Gasteiger partial charge in [-0.15, -0.1) is 11.3 Å². The summed E-state index contributed by atoms with van der Waals surface area (Å²) in [6.45, 7) is 2.59. The lowest BCUT2D eigenvalue weighted by molar-refractivity contribution is -0.384. The number of rotatable bonds is 5. The van der Waals surface area contributed by atoms with Crippen LogP contribution in [0.15, 0.2) is 41.8 Å². The van der Waals surface area contributed by atoms with Gasteiger partial charge in [0.05, 0.1) is 10.6 Å². The first-order valence-corrected chi connectivity index (χ1v) is 11.7. The third kappa shape index (κ3) is 4.47. The van der Waals surface area contributed by atoms with Crippen LogP contribution in [0.4, 0.5) is 16.5 Å². The number of nitro groups is 1. The van der Waals surface area contributed by atoms with E-state index in [0.29, 0.717) is 41.2 Å². The SMILES string of the molecule is O=C(Nc1nc(-c2ccc3c(c2)OCCO3)cs1)c1ccc(N2CCCCC2)c([N+](=O)[O-])c1. The zero-order valence-electron chi connectivity index (χ0n) is 17.8. The van der Waals surface area contributed by atoms with Crippen molar-refractivity contribution in [3.8, 4) is 22.8 Å². The molecule has 1 fully saturated rings. The molecule has 0 radical (unpaired) electrons. The molecule has 2 aliphatic rings. The van der Waals surface area contributed by atoms with Gasteiger partial charge in [0.2, 0.25) is 0 Å². The van der Waals surface area contributed by atoms with Crippen molar-refractivity contribution in [2.24, 2.45) is 0 Å². The Balaban J connectivity index is 1.33. The number of aromatic nitrogens is 1. The van der Waals surface area contributed by atoms with E-state index in [0.717, 1.165) is 37.9 Å². The molecule has 1 amide bonds. The topological polar surface area (TPSA) is 107 Å². The quantitative estimate of drug-likeness (QED) is 0.428. The van der Waals surface area contributed by atoms with Crippen molar-refractivity contribution in [1.82, 2.24) is 4.98 Å². The summed E-state index contributed by atoms with van der Waals surface area (Å²) in [5.74, 6) is 0.924. The number of thiazole rings is 1. The Morgan fingerprint density at radius 2 is 1.85 bits per heavy atom. The van der Waals surface area contributed by atoms with E-state index >= 15 is 0 Å². The molecule has 1 saturated heterocycles. The first-order chi connectivity index (χ1) is 16.1. The maximum atomic E-state index is 12.8. The number of nitro benzene ring substituents is 1. The number of hydrogen-bond donors (Lipinski definition) is 1. The molecule has 33 heavy (non-hydrogen) atoms. The van der Waals surface area contributed by atoms with Gasteiger partial charge in [-0.25, -0.2) is 4.98 Å². The molecular weight excluding hydrogens is 444 g/mol. The summed E-state index contributed by atoms with van der Waals surface area (Å²) in [5.41, 5.74) is 2.27. The van der Waals surface area contributed by atoms with E-state index < -0.39 is 10.8 Å². The number of carbonyl (C=O) groups excluding carboxylic acids is 1. The van der Waals surface area contributed by atoms with Crippen molar-refractivity contribution in [3.05, 3.63) is 57.5 Å². The number of ether oxygens (including phenoxy) is 2. The van der Waals surface area contributed by atoms with Gasteiger partial charge in [0.1, 0.15) is 18.9 Å². The fourth-order valence-corrected chi connectivity index (χ4v) is 4.76. The molecule has 9 nitrogen and oxygen atoms in total. The Bertz CT molecular complexity index is 1210. The van der Waals surface area contributed by atoms with Gasteiger partial charge in [-0.3, -0.25) is 20.2 Å². The Morgan fingerprint density at radius 1 is 1.06 bits per heavy atom. The van der Waals surface area contributed by atoms with Crippen LogP contribution in [0.25, 0.3) is 11.3 Å². The first-order valence-electron chi connectivity index (χ1n) is 10.8. The molecule has 5 rings (SSSR count). The van der Waals surface area contributed by atoms with Crippen LogP contribution in [0, 0.1) is 10.1 Å². The highest BCUT2D eigenvalue weighted by atomic mass is 32.1. The molecule has 170 valence electrons. The van der Waals surface area contributed by atoms with Gasteiger partial charge < -0.3 is 14.4 Å². The monoisotopic (exact) mass is 466 g/mol. The number of anilines is 2. The van der Waals surface area contributed by atoms with Crippen LogP contribution in [0.1, 0.15) is 29.6 Å². The first kappa shape index (κ1) is 21.2.